The molecule has 174 valence electrons. The Labute approximate surface area is 203 Å². The van der Waals surface area contributed by atoms with Crippen LogP contribution in [0, 0.1) is 13.8 Å². The summed E-state index contributed by atoms with van der Waals surface area (Å²) in [5.74, 6) is 1.12. The largest absolute Gasteiger partial charge is 0.492 e. The highest BCUT2D eigenvalue weighted by Crippen LogP contribution is 2.31. The van der Waals surface area contributed by atoms with Crippen LogP contribution in [-0.4, -0.2) is 55.7 Å². The predicted octanol–water partition coefficient (Wildman–Crippen LogP) is 4.43. The van der Waals surface area contributed by atoms with Crippen LogP contribution in [0.2, 0.25) is 0 Å². The first-order chi connectivity index (χ1) is 15.8. The summed E-state index contributed by atoms with van der Waals surface area (Å²) in [7, 11) is -3.68. The zero-order valence-corrected chi connectivity index (χ0v) is 21.4. The molecule has 0 spiro atoms. The molecule has 1 aliphatic rings. The smallest absolute Gasteiger partial charge is 0.246 e. The molecule has 0 aliphatic carbocycles. The van der Waals surface area contributed by atoms with Gasteiger partial charge in [0.1, 0.15) is 10.6 Å². The monoisotopic (exact) mass is 530 g/mol. The average molecular weight is 531 g/mol. The Balaban J connectivity index is 1.47. The van der Waals surface area contributed by atoms with Crippen LogP contribution in [0.5, 0.6) is 5.75 Å². The molecule has 0 amide bonds. The van der Waals surface area contributed by atoms with Gasteiger partial charge in [-0.25, -0.2) is 8.42 Å². The Morgan fingerprint density at radius 2 is 1.70 bits per heavy atom. The van der Waals surface area contributed by atoms with E-state index in [-0.39, 0.29) is 4.90 Å². The Hall–Kier alpha value is -2.49. The van der Waals surface area contributed by atoms with E-state index in [2.05, 4.69) is 57.0 Å². The lowest BCUT2D eigenvalue weighted by molar-refractivity contribution is 0.327. The molecular weight excluding hydrogens is 504 g/mol. The van der Waals surface area contributed by atoms with Crippen molar-refractivity contribution in [1.29, 1.82) is 0 Å². The van der Waals surface area contributed by atoms with Crippen LogP contribution < -0.4 is 9.64 Å². The molecule has 0 saturated carbocycles. The SMILES string of the molecule is CCOc1ccc(Br)cc1S(=O)(=O)N1CCN(c2ccc(-c3ccc(C)c(C)c3)nn2)CC1. The normalized spacial score (nSPS) is 15.0. The van der Waals surface area contributed by atoms with Crippen LogP contribution in [0.1, 0.15) is 18.1 Å². The fourth-order valence-electron chi connectivity index (χ4n) is 3.80. The number of sulfonamides is 1. The van der Waals surface area contributed by atoms with Gasteiger partial charge in [0.2, 0.25) is 10.0 Å². The van der Waals surface area contributed by atoms with Gasteiger partial charge < -0.3 is 9.64 Å². The summed E-state index contributed by atoms with van der Waals surface area (Å²) < 4.78 is 34.4. The molecule has 1 aliphatic heterocycles. The van der Waals surface area contributed by atoms with E-state index in [1.807, 2.05) is 25.1 Å². The van der Waals surface area contributed by atoms with Crippen molar-refractivity contribution >= 4 is 31.8 Å². The van der Waals surface area contributed by atoms with Gasteiger partial charge >= 0.3 is 0 Å². The highest BCUT2D eigenvalue weighted by molar-refractivity contribution is 9.10. The minimum Gasteiger partial charge on any atom is -0.492 e. The maximum atomic E-state index is 13.3. The van der Waals surface area contributed by atoms with Crippen LogP contribution in [0.15, 0.2) is 57.9 Å². The van der Waals surface area contributed by atoms with Gasteiger partial charge in [0.25, 0.3) is 0 Å². The van der Waals surface area contributed by atoms with Gasteiger partial charge in [-0.1, -0.05) is 28.1 Å². The Kier molecular flexibility index (Phi) is 7.02. The quantitative estimate of drug-likeness (QED) is 0.469. The number of halogens is 1. The van der Waals surface area contributed by atoms with E-state index in [0.29, 0.717) is 43.0 Å². The molecule has 1 fully saturated rings. The van der Waals surface area contributed by atoms with Crippen molar-refractivity contribution in [3.05, 3.63) is 64.1 Å². The van der Waals surface area contributed by atoms with Crippen LogP contribution in [-0.2, 0) is 10.0 Å². The minimum atomic E-state index is -3.68. The lowest BCUT2D eigenvalue weighted by atomic mass is 10.0. The van der Waals surface area contributed by atoms with Gasteiger partial charge in [-0.15, -0.1) is 10.2 Å². The first-order valence-electron chi connectivity index (χ1n) is 10.9. The number of rotatable bonds is 6. The average Bonchev–Trinajstić information content (AvgIpc) is 2.82. The van der Waals surface area contributed by atoms with E-state index < -0.39 is 10.0 Å². The highest BCUT2D eigenvalue weighted by atomic mass is 79.9. The lowest BCUT2D eigenvalue weighted by Gasteiger charge is -2.34. The maximum absolute atomic E-state index is 13.3. The molecule has 0 atom stereocenters. The van der Waals surface area contributed by atoms with Crippen molar-refractivity contribution in [2.75, 3.05) is 37.7 Å². The fraction of sp³-hybridized carbons (Fsp3) is 0.333. The van der Waals surface area contributed by atoms with Crippen LogP contribution >= 0.6 is 15.9 Å². The summed E-state index contributed by atoms with van der Waals surface area (Å²) in [6, 6.07) is 15.2. The number of hydrogen-bond acceptors (Lipinski definition) is 6. The number of ether oxygens (including phenoxy) is 1. The van der Waals surface area contributed by atoms with E-state index in [0.717, 1.165) is 17.1 Å². The number of anilines is 1. The molecule has 0 unspecified atom stereocenters. The van der Waals surface area contributed by atoms with E-state index in [4.69, 9.17) is 4.74 Å². The zero-order chi connectivity index (χ0) is 23.6. The second-order valence-corrected chi connectivity index (χ2v) is 10.8. The molecule has 0 bridgehead atoms. The van der Waals surface area contributed by atoms with Crippen molar-refractivity contribution in [3.63, 3.8) is 0 Å². The van der Waals surface area contributed by atoms with Gasteiger partial charge in [-0.3, -0.25) is 0 Å². The third-order valence-electron chi connectivity index (χ3n) is 5.84. The molecule has 2 aromatic carbocycles. The summed E-state index contributed by atoms with van der Waals surface area (Å²) in [5, 5.41) is 8.81. The Morgan fingerprint density at radius 3 is 2.33 bits per heavy atom. The molecule has 1 saturated heterocycles. The van der Waals surface area contributed by atoms with Gasteiger partial charge in [-0.05, 0) is 68.3 Å². The number of nitrogens with zero attached hydrogens (tertiary/aromatic N) is 4. The number of hydrogen-bond donors (Lipinski definition) is 0. The Bertz CT molecular complexity index is 1240. The first kappa shape index (κ1) is 23.7. The number of aromatic nitrogens is 2. The van der Waals surface area contributed by atoms with Crippen molar-refractivity contribution in [2.24, 2.45) is 0 Å². The number of aryl methyl sites for hydroxylation is 2. The first-order valence-corrected chi connectivity index (χ1v) is 13.1. The van der Waals surface area contributed by atoms with Crippen molar-refractivity contribution in [3.8, 4) is 17.0 Å². The van der Waals surface area contributed by atoms with Gasteiger partial charge in [0.05, 0.1) is 12.3 Å². The van der Waals surface area contributed by atoms with Crippen molar-refractivity contribution in [2.45, 2.75) is 25.7 Å². The minimum absolute atomic E-state index is 0.185. The van der Waals surface area contributed by atoms with E-state index in [1.54, 1.807) is 18.2 Å². The Morgan fingerprint density at radius 1 is 0.939 bits per heavy atom. The molecule has 4 rings (SSSR count). The van der Waals surface area contributed by atoms with Gasteiger partial charge in [-0.2, -0.15) is 4.31 Å². The van der Waals surface area contributed by atoms with Gasteiger partial charge in [0.15, 0.2) is 5.82 Å². The second-order valence-electron chi connectivity index (χ2n) is 7.99. The molecule has 0 N–H and O–H groups in total. The maximum Gasteiger partial charge on any atom is 0.246 e. The molecule has 2 heterocycles. The summed E-state index contributed by atoms with van der Waals surface area (Å²) in [4.78, 5) is 2.25. The summed E-state index contributed by atoms with van der Waals surface area (Å²) in [6.45, 7) is 8.20. The number of piperazine rings is 1. The molecule has 0 radical (unpaired) electrons. The van der Waals surface area contributed by atoms with Crippen LogP contribution in [0.25, 0.3) is 11.3 Å². The lowest BCUT2D eigenvalue weighted by Crippen LogP contribution is -2.49. The van der Waals surface area contributed by atoms with Crippen molar-refractivity contribution < 1.29 is 13.2 Å². The third-order valence-corrected chi connectivity index (χ3v) is 8.25. The zero-order valence-electron chi connectivity index (χ0n) is 19.0. The van der Waals surface area contributed by atoms with E-state index >= 15 is 0 Å². The molecule has 1 aromatic heterocycles. The molecule has 9 heteroatoms. The second kappa shape index (κ2) is 9.79. The topological polar surface area (TPSA) is 75.6 Å². The summed E-state index contributed by atoms with van der Waals surface area (Å²) in [5.41, 5.74) is 4.31. The third kappa shape index (κ3) is 5.05. The van der Waals surface area contributed by atoms with E-state index in [9.17, 15) is 8.42 Å². The van der Waals surface area contributed by atoms with Gasteiger partial charge in [0, 0.05) is 36.2 Å². The van der Waals surface area contributed by atoms with Crippen LogP contribution in [0.3, 0.4) is 0 Å². The number of benzene rings is 2. The standard InChI is InChI=1S/C24H27BrN4O3S/c1-4-32-22-9-7-20(25)16-23(22)33(30,31)29-13-11-28(12-14-29)24-10-8-21(26-27-24)19-6-5-17(2)18(3)15-19/h5-10,15-16H,4,11-14H2,1-3H3. The predicted molar refractivity (Wildman–Crippen MR) is 133 cm³/mol. The molecule has 3 aromatic rings. The highest BCUT2D eigenvalue weighted by Gasteiger charge is 2.31. The molecule has 7 nitrogen and oxygen atoms in total. The van der Waals surface area contributed by atoms with Crippen molar-refractivity contribution in [1.82, 2.24) is 14.5 Å². The summed E-state index contributed by atoms with van der Waals surface area (Å²) >= 11 is 3.37. The van der Waals surface area contributed by atoms with Crippen LogP contribution in [0.4, 0.5) is 5.82 Å². The summed E-state index contributed by atoms with van der Waals surface area (Å²) in [6.07, 6.45) is 0. The van der Waals surface area contributed by atoms with E-state index in [1.165, 1.54) is 15.4 Å². The fourth-order valence-corrected chi connectivity index (χ4v) is 5.90. The molecule has 33 heavy (non-hydrogen) atoms. The molecular formula is C24H27BrN4O3S.